The zero-order valence-corrected chi connectivity index (χ0v) is 21.0. The molecular weight excluding hydrogens is 518 g/mol. The average Bonchev–Trinajstić information content (AvgIpc) is 2.94. The molecule has 4 aromatic carbocycles. The molecule has 0 aromatic heterocycles. The van der Waals surface area contributed by atoms with Gasteiger partial charge < -0.3 is 21.3 Å². The molecule has 0 aliphatic rings. The largest absolute Gasteiger partial charge is 0.326 e. The van der Waals surface area contributed by atoms with Gasteiger partial charge in [0.2, 0.25) is 11.8 Å². The van der Waals surface area contributed by atoms with Crippen LogP contribution >= 0.6 is 0 Å². The maximum atomic E-state index is 13.1. The van der Waals surface area contributed by atoms with Crippen LogP contribution in [0.5, 0.6) is 0 Å². The third-order valence-corrected chi connectivity index (χ3v) is 5.60. The van der Waals surface area contributed by atoms with Crippen molar-refractivity contribution >= 4 is 46.4 Å². The van der Waals surface area contributed by atoms with Crippen LogP contribution in [0.2, 0.25) is 0 Å². The number of anilines is 4. The van der Waals surface area contributed by atoms with E-state index in [1.54, 1.807) is 36.4 Å². The van der Waals surface area contributed by atoms with Crippen molar-refractivity contribution in [3.63, 3.8) is 0 Å². The second kappa shape index (κ2) is 12.9. The molecule has 0 bridgehead atoms. The van der Waals surface area contributed by atoms with Crippen LogP contribution in [0.25, 0.3) is 0 Å². The van der Waals surface area contributed by atoms with Gasteiger partial charge in [-0.15, -0.1) is 0 Å². The lowest BCUT2D eigenvalue weighted by Gasteiger charge is -2.10. The van der Waals surface area contributed by atoms with Crippen LogP contribution in [-0.4, -0.2) is 23.6 Å². The van der Waals surface area contributed by atoms with E-state index in [0.717, 1.165) is 0 Å². The Kier molecular flexibility index (Phi) is 8.93. The standard InChI is InChI=1S/C30H24F2N4O4/c31-21-7-11-23(12-8-21)35-29(39)19-3-1-5-25(17-19)33-27(37)15-16-28(38)34-26-6-2-4-20(18-26)30(40)36-24-13-9-22(32)10-14-24/h1-14,17-18H,15-16H2,(H,33,37)(H,34,38)(H,35,39)(H,36,40). The molecule has 0 radical (unpaired) electrons. The molecule has 0 saturated heterocycles. The van der Waals surface area contributed by atoms with E-state index >= 15 is 0 Å². The van der Waals surface area contributed by atoms with Gasteiger partial charge in [-0.1, -0.05) is 12.1 Å². The summed E-state index contributed by atoms with van der Waals surface area (Å²) in [5, 5.41) is 10.6. The van der Waals surface area contributed by atoms with Gasteiger partial charge in [0.1, 0.15) is 11.6 Å². The van der Waals surface area contributed by atoms with E-state index in [1.807, 2.05) is 0 Å². The molecule has 0 atom stereocenters. The van der Waals surface area contributed by atoms with Crippen molar-refractivity contribution in [2.24, 2.45) is 0 Å². The molecular formula is C30H24F2N4O4. The smallest absolute Gasteiger partial charge is 0.255 e. The number of benzene rings is 4. The van der Waals surface area contributed by atoms with Gasteiger partial charge in [0.05, 0.1) is 0 Å². The van der Waals surface area contributed by atoms with E-state index in [1.165, 1.54) is 60.7 Å². The van der Waals surface area contributed by atoms with Crippen molar-refractivity contribution in [2.75, 3.05) is 21.3 Å². The van der Waals surface area contributed by atoms with Crippen LogP contribution in [0.15, 0.2) is 97.1 Å². The Labute approximate surface area is 228 Å². The van der Waals surface area contributed by atoms with Gasteiger partial charge in [0, 0.05) is 46.7 Å². The highest BCUT2D eigenvalue weighted by molar-refractivity contribution is 6.06. The minimum Gasteiger partial charge on any atom is -0.326 e. The first-order chi connectivity index (χ1) is 19.2. The van der Waals surface area contributed by atoms with Crippen molar-refractivity contribution in [1.29, 1.82) is 0 Å². The lowest BCUT2D eigenvalue weighted by Crippen LogP contribution is -2.18. The molecule has 4 aromatic rings. The number of rotatable bonds is 9. The Hall–Kier alpha value is -5.38. The van der Waals surface area contributed by atoms with Crippen LogP contribution in [0.3, 0.4) is 0 Å². The average molecular weight is 543 g/mol. The Morgan fingerprint density at radius 1 is 0.475 bits per heavy atom. The van der Waals surface area contributed by atoms with E-state index in [4.69, 9.17) is 0 Å². The second-order valence-electron chi connectivity index (χ2n) is 8.68. The maximum Gasteiger partial charge on any atom is 0.255 e. The molecule has 0 aliphatic carbocycles. The number of carbonyl (C=O) groups excluding carboxylic acids is 4. The number of hydrogen-bond acceptors (Lipinski definition) is 4. The Balaban J connectivity index is 1.26. The van der Waals surface area contributed by atoms with Crippen LogP contribution in [0, 0.1) is 11.6 Å². The zero-order valence-electron chi connectivity index (χ0n) is 21.0. The number of halogens is 2. The molecule has 40 heavy (non-hydrogen) atoms. The molecule has 4 amide bonds. The summed E-state index contributed by atoms with van der Waals surface area (Å²) in [4.78, 5) is 49.8. The first-order valence-corrected chi connectivity index (χ1v) is 12.2. The Morgan fingerprint density at radius 3 is 1.23 bits per heavy atom. The summed E-state index contributed by atoms with van der Waals surface area (Å²) in [6.45, 7) is 0. The summed E-state index contributed by atoms with van der Waals surface area (Å²) in [5.41, 5.74) is 2.15. The minimum absolute atomic E-state index is 0.122. The number of carbonyl (C=O) groups is 4. The zero-order chi connectivity index (χ0) is 28.5. The summed E-state index contributed by atoms with van der Waals surface area (Å²) in [7, 11) is 0. The Morgan fingerprint density at radius 2 is 0.850 bits per heavy atom. The van der Waals surface area contributed by atoms with E-state index in [9.17, 15) is 28.0 Å². The molecule has 8 nitrogen and oxygen atoms in total. The fourth-order valence-electron chi connectivity index (χ4n) is 3.62. The normalized spacial score (nSPS) is 10.3. The van der Waals surface area contributed by atoms with Gasteiger partial charge in [-0.05, 0) is 84.9 Å². The van der Waals surface area contributed by atoms with Gasteiger partial charge in [-0.25, -0.2) is 8.78 Å². The van der Waals surface area contributed by atoms with E-state index in [2.05, 4.69) is 21.3 Å². The summed E-state index contributed by atoms with van der Waals surface area (Å²) >= 11 is 0. The van der Waals surface area contributed by atoms with E-state index in [-0.39, 0.29) is 24.0 Å². The van der Waals surface area contributed by atoms with Crippen LogP contribution < -0.4 is 21.3 Å². The van der Waals surface area contributed by atoms with Gasteiger partial charge >= 0.3 is 0 Å². The van der Waals surface area contributed by atoms with Gasteiger partial charge in [0.15, 0.2) is 0 Å². The Bertz CT molecular complexity index is 1420. The molecule has 0 aliphatic heterocycles. The van der Waals surface area contributed by atoms with Crippen molar-refractivity contribution < 1.29 is 28.0 Å². The highest BCUT2D eigenvalue weighted by Gasteiger charge is 2.12. The first-order valence-electron chi connectivity index (χ1n) is 12.2. The topological polar surface area (TPSA) is 116 Å². The molecule has 4 N–H and O–H groups in total. The SMILES string of the molecule is O=C(CCC(=O)Nc1cccc(C(=O)Nc2ccc(F)cc2)c1)Nc1cccc(C(=O)Nc2ccc(F)cc2)c1. The molecule has 202 valence electrons. The highest BCUT2D eigenvalue weighted by Crippen LogP contribution is 2.17. The van der Waals surface area contributed by atoms with Crippen molar-refractivity contribution in [3.05, 3.63) is 120 Å². The van der Waals surface area contributed by atoms with Crippen LogP contribution in [-0.2, 0) is 9.59 Å². The van der Waals surface area contributed by atoms with E-state index in [0.29, 0.717) is 22.7 Å². The van der Waals surface area contributed by atoms with Gasteiger partial charge in [0.25, 0.3) is 11.8 Å². The summed E-state index contributed by atoms with van der Waals surface area (Å²) in [5.74, 6) is -2.57. The molecule has 0 unspecified atom stereocenters. The fraction of sp³-hybridized carbons (Fsp3) is 0.0667. The lowest BCUT2D eigenvalue weighted by molar-refractivity contribution is -0.121. The number of nitrogens with one attached hydrogen (secondary N) is 4. The van der Waals surface area contributed by atoms with Crippen molar-refractivity contribution in [3.8, 4) is 0 Å². The van der Waals surface area contributed by atoms with Gasteiger partial charge in [-0.2, -0.15) is 0 Å². The fourth-order valence-corrected chi connectivity index (χ4v) is 3.62. The number of hydrogen-bond donors (Lipinski definition) is 4. The highest BCUT2D eigenvalue weighted by atomic mass is 19.1. The molecule has 0 heterocycles. The van der Waals surface area contributed by atoms with Gasteiger partial charge in [-0.3, -0.25) is 19.2 Å². The molecule has 4 rings (SSSR count). The predicted molar refractivity (Wildman–Crippen MR) is 148 cm³/mol. The molecule has 0 saturated carbocycles. The maximum absolute atomic E-state index is 13.1. The third-order valence-electron chi connectivity index (χ3n) is 5.60. The van der Waals surface area contributed by atoms with Crippen molar-refractivity contribution in [1.82, 2.24) is 0 Å². The lowest BCUT2D eigenvalue weighted by atomic mass is 10.1. The monoisotopic (exact) mass is 542 g/mol. The minimum atomic E-state index is -0.435. The van der Waals surface area contributed by atoms with Crippen LogP contribution in [0.1, 0.15) is 33.6 Å². The third kappa shape index (κ3) is 8.06. The van der Waals surface area contributed by atoms with E-state index < -0.39 is 35.3 Å². The van der Waals surface area contributed by atoms with Crippen molar-refractivity contribution in [2.45, 2.75) is 12.8 Å². The summed E-state index contributed by atoms with van der Waals surface area (Å²) < 4.78 is 26.1. The molecule has 0 spiro atoms. The first kappa shape index (κ1) is 27.6. The quantitative estimate of drug-likeness (QED) is 0.213. The summed E-state index contributed by atoms with van der Waals surface area (Å²) in [6.07, 6.45) is -0.245. The van der Waals surface area contributed by atoms with Crippen LogP contribution in [0.4, 0.5) is 31.5 Å². The number of amides is 4. The summed E-state index contributed by atoms with van der Waals surface area (Å²) in [6, 6.07) is 23.2. The predicted octanol–water partition coefficient (Wildman–Crippen LogP) is 5.83. The second-order valence-corrected chi connectivity index (χ2v) is 8.68. The molecule has 0 fully saturated rings. The molecule has 10 heteroatoms.